The van der Waals surface area contributed by atoms with Gasteiger partial charge in [0.05, 0.1) is 12.2 Å². The molecule has 4 atom stereocenters. The largest absolute Gasteiger partial charge is 0.393 e. The number of fused-ring (bicyclic) bond motifs is 3. The van der Waals surface area contributed by atoms with Crippen molar-refractivity contribution in [2.24, 2.45) is 11.8 Å². The van der Waals surface area contributed by atoms with Crippen LogP contribution in [0.25, 0.3) is 0 Å². The molecule has 0 amide bonds. The summed E-state index contributed by atoms with van der Waals surface area (Å²) in [5.74, 6) is 0.806. The van der Waals surface area contributed by atoms with E-state index in [1.807, 2.05) is 0 Å². The summed E-state index contributed by atoms with van der Waals surface area (Å²) in [6.45, 7) is 0. The van der Waals surface area contributed by atoms with Crippen LogP contribution in [0.15, 0.2) is 0 Å². The molecule has 2 nitrogen and oxygen atoms in total. The van der Waals surface area contributed by atoms with E-state index in [1.165, 1.54) is 0 Å². The van der Waals surface area contributed by atoms with Gasteiger partial charge in [0.1, 0.15) is 0 Å². The van der Waals surface area contributed by atoms with Crippen molar-refractivity contribution in [3.05, 3.63) is 0 Å². The van der Waals surface area contributed by atoms with E-state index < -0.39 is 0 Å². The molecule has 0 saturated heterocycles. The van der Waals surface area contributed by atoms with E-state index in [-0.39, 0.29) is 12.2 Å². The molecule has 0 aromatic carbocycles. The van der Waals surface area contributed by atoms with Crippen molar-refractivity contribution in [2.45, 2.75) is 37.9 Å². The minimum Gasteiger partial charge on any atom is -0.393 e. The van der Waals surface area contributed by atoms with Crippen LogP contribution < -0.4 is 0 Å². The van der Waals surface area contributed by atoms with Gasteiger partial charge >= 0.3 is 0 Å². The maximum Gasteiger partial charge on any atom is 0.0573 e. The molecule has 3 aliphatic carbocycles. The molecule has 2 heteroatoms. The maximum atomic E-state index is 9.41. The molecular formula is C8H14O2. The normalized spacial score (nSPS) is 53.4. The third-order valence-corrected chi connectivity index (χ3v) is 3.09. The zero-order chi connectivity index (χ0) is 7.14. The minimum atomic E-state index is -0.109. The van der Waals surface area contributed by atoms with E-state index >= 15 is 0 Å². The summed E-state index contributed by atoms with van der Waals surface area (Å²) in [5, 5.41) is 18.8. The Kier molecular flexibility index (Phi) is 1.46. The van der Waals surface area contributed by atoms with Gasteiger partial charge in [0, 0.05) is 0 Å². The first-order valence-electron chi connectivity index (χ1n) is 4.13. The molecule has 3 rings (SSSR count). The number of hydrogen-bond donors (Lipinski definition) is 2. The van der Waals surface area contributed by atoms with E-state index in [0.717, 1.165) is 25.7 Å². The number of rotatable bonds is 0. The Bertz CT molecular complexity index is 119. The Labute approximate surface area is 60.9 Å². The van der Waals surface area contributed by atoms with Gasteiger partial charge in [0.15, 0.2) is 0 Å². The second-order valence-electron chi connectivity index (χ2n) is 3.70. The van der Waals surface area contributed by atoms with Crippen molar-refractivity contribution in [3.63, 3.8) is 0 Å². The third kappa shape index (κ3) is 0.867. The Morgan fingerprint density at radius 1 is 0.800 bits per heavy atom. The van der Waals surface area contributed by atoms with Gasteiger partial charge < -0.3 is 10.2 Å². The van der Waals surface area contributed by atoms with Gasteiger partial charge in [-0.2, -0.15) is 0 Å². The molecule has 0 radical (unpaired) electrons. The highest BCUT2D eigenvalue weighted by Gasteiger charge is 2.39. The highest BCUT2D eigenvalue weighted by Crippen LogP contribution is 2.41. The van der Waals surface area contributed by atoms with Crippen LogP contribution in [0.5, 0.6) is 0 Å². The number of aliphatic hydroxyl groups is 2. The maximum absolute atomic E-state index is 9.41. The zero-order valence-corrected chi connectivity index (χ0v) is 6.03. The summed E-state index contributed by atoms with van der Waals surface area (Å²) in [4.78, 5) is 0. The van der Waals surface area contributed by atoms with Crippen molar-refractivity contribution in [3.8, 4) is 0 Å². The van der Waals surface area contributed by atoms with Gasteiger partial charge in [-0.25, -0.2) is 0 Å². The molecule has 0 unspecified atom stereocenters. The van der Waals surface area contributed by atoms with E-state index in [2.05, 4.69) is 0 Å². The monoisotopic (exact) mass is 142 g/mol. The van der Waals surface area contributed by atoms with Gasteiger partial charge in [-0.05, 0) is 37.5 Å². The van der Waals surface area contributed by atoms with Crippen LogP contribution in [-0.4, -0.2) is 22.4 Å². The number of hydrogen-bond acceptors (Lipinski definition) is 2. The molecule has 3 fully saturated rings. The van der Waals surface area contributed by atoms with E-state index in [4.69, 9.17) is 0 Å². The fourth-order valence-corrected chi connectivity index (χ4v) is 2.37. The predicted octanol–water partition coefficient (Wildman–Crippen LogP) is 0.528. The second kappa shape index (κ2) is 2.21. The Morgan fingerprint density at radius 2 is 1.20 bits per heavy atom. The molecular weight excluding hydrogens is 128 g/mol. The second-order valence-corrected chi connectivity index (χ2v) is 3.70. The highest BCUT2D eigenvalue weighted by atomic mass is 16.3. The van der Waals surface area contributed by atoms with Crippen LogP contribution in [-0.2, 0) is 0 Å². The summed E-state index contributed by atoms with van der Waals surface area (Å²) < 4.78 is 0. The first kappa shape index (κ1) is 6.62. The summed E-state index contributed by atoms with van der Waals surface area (Å²) in [5.41, 5.74) is 0. The molecule has 58 valence electrons. The smallest absolute Gasteiger partial charge is 0.0573 e. The summed E-state index contributed by atoms with van der Waals surface area (Å²) >= 11 is 0. The molecule has 10 heavy (non-hydrogen) atoms. The van der Waals surface area contributed by atoms with Gasteiger partial charge in [0.25, 0.3) is 0 Å². The summed E-state index contributed by atoms with van der Waals surface area (Å²) in [6.07, 6.45) is 3.72. The van der Waals surface area contributed by atoms with Crippen LogP contribution in [0.3, 0.4) is 0 Å². The Morgan fingerprint density at radius 3 is 1.40 bits per heavy atom. The molecule has 0 spiro atoms. The standard InChI is InChI=1S/C8H14O2/c9-7-4-6-2-1-5(7)3-8(6)10/h5-10H,1-4H2/t5-,6-,7-,8-/m1/s1. The lowest BCUT2D eigenvalue weighted by atomic mass is 9.67. The van der Waals surface area contributed by atoms with E-state index in [0.29, 0.717) is 11.8 Å². The summed E-state index contributed by atoms with van der Waals surface area (Å²) in [6, 6.07) is 0. The molecule has 2 bridgehead atoms. The van der Waals surface area contributed by atoms with Crippen molar-refractivity contribution < 1.29 is 10.2 Å². The molecule has 0 aromatic rings. The lowest BCUT2D eigenvalue weighted by Gasteiger charge is -2.42. The minimum absolute atomic E-state index is 0.109. The Hall–Kier alpha value is -0.0800. The molecule has 0 aromatic heterocycles. The van der Waals surface area contributed by atoms with Crippen LogP contribution in [0.1, 0.15) is 25.7 Å². The first-order valence-corrected chi connectivity index (χ1v) is 4.13. The van der Waals surface area contributed by atoms with Gasteiger partial charge in [-0.1, -0.05) is 0 Å². The van der Waals surface area contributed by atoms with Crippen molar-refractivity contribution in [2.75, 3.05) is 0 Å². The average molecular weight is 142 g/mol. The van der Waals surface area contributed by atoms with Crippen molar-refractivity contribution >= 4 is 0 Å². The predicted molar refractivity (Wildman–Crippen MR) is 37.5 cm³/mol. The van der Waals surface area contributed by atoms with Gasteiger partial charge in [-0.3, -0.25) is 0 Å². The molecule has 3 aliphatic rings. The third-order valence-electron chi connectivity index (χ3n) is 3.09. The SMILES string of the molecule is O[C@@H]1C[C@H]2CC[C@@H]1C[C@H]2O. The summed E-state index contributed by atoms with van der Waals surface area (Å²) in [7, 11) is 0. The average Bonchev–Trinajstić information content (AvgIpc) is 1.91. The lowest BCUT2D eigenvalue weighted by Crippen LogP contribution is -2.43. The molecule has 0 heterocycles. The topological polar surface area (TPSA) is 40.5 Å². The quantitative estimate of drug-likeness (QED) is 0.518. The number of aliphatic hydroxyl groups excluding tert-OH is 2. The fraction of sp³-hybridized carbons (Fsp3) is 1.00. The Balaban J connectivity index is 2.09. The van der Waals surface area contributed by atoms with Gasteiger partial charge in [-0.15, -0.1) is 0 Å². The van der Waals surface area contributed by atoms with Crippen LogP contribution in [0.4, 0.5) is 0 Å². The van der Waals surface area contributed by atoms with Crippen molar-refractivity contribution in [1.29, 1.82) is 0 Å². The molecule has 0 aliphatic heterocycles. The van der Waals surface area contributed by atoms with Crippen molar-refractivity contribution in [1.82, 2.24) is 0 Å². The van der Waals surface area contributed by atoms with Gasteiger partial charge in [0.2, 0.25) is 0 Å². The van der Waals surface area contributed by atoms with E-state index in [1.54, 1.807) is 0 Å². The van der Waals surface area contributed by atoms with Crippen LogP contribution in [0.2, 0.25) is 0 Å². The van der Waals surface area contributed by atoms with Crippen LogP contribution >= 0.6 is 0 Å². The highest BCUT2D eigenvalue weighted by molar-refractivity contribution is 4.91. The lowest BCUT2D eigenvalue weighted by molar-refractivity contribution is -0.0715. The fourth-order valence-electron chi connectivity index (χ4n) is 2.37. The van der Waals surface area contributed by atoms with Crippen LogP contribution in [0, 0.1) is 11.8 Å². The molecule has 2 N–H and O–H groups in total. The van der Waals surface area contributed by atoms with E-state index in [9.17, 15) is 10.2 Å². The molecule has 3 saturated carbocycles. The zero-order valence-electron chi connectivity index (χ0n) is 6.03. The first-order chi connectivity index (χ1) is 4.77.